The van der Waals surface area contributed by atoms with Crippen LogP contribution in [-0.2, 0) is 42.9 Å². The van der Waals surface area contributed by atoms with Crippen molar-refractivity contribution >= 4 is 44.4 Å². The summed E-state index contributed by atoms with van der Waals surface area (Å²) in [6.07, 6.45) is 11.4. The number of nitrogens with zero attached hydrogens (tertiary/aromatic N) is 3. The van der Waals surface area contributed by atoms with Crippen molar-refractivity contribution < 1.29 is 28.6 Å². The zero-order chi connectivity index (χ0) is 35.6. The number of piperidine rings is 1. The fourth-order valence-corrected chi connectivity index (χ4v) is 8.05. The van der Waals surface area contributed by atoms with Crippen LogP contribution in [0.4, 0.5) is 0 Å². The maximum Gasteiger partial charge on any atom is 0.339 e. The summed E-state index contributed by atoms with van der Waals surface area (Å²) in [5.41, 5.74) is 5.25. The maximum absolute atomic E-state index is 12.5. The first-order chi connectivity index (χ1) is 24.1. The first-order valence-corrected chi connectivity index (χ1v) is 17.2. The summed E-state index contributed by atoms with van der Waals surface area (Å²) in [6, 6.07) is 18.0. The number of likely N-dealkylation sites (N-methyl/N-ethyl adjacent to an activating group) is 1. The topological polar surface area (TPSA) is 100.0 Å². The fraction of sp³-hybridized carbons (Fsp3) is 0.300. The molecule has 10 heteroatoms. The minimum absolute atomic E-state index is 0.0737. The second-order valence-electron chi connectivity index (χ2n) is 12.9. The Balaban J connectivity index is 0.000000195. The van der Waals surface area contributed by atoms with E-state index in [0.717, 1.165) is 29.4 Å². The number of allylic oxidation sites excluding steroid dienone is 4. The number of hydrogen-bond acceptors (Lipinski definition) is 8. The van der Waals surface area contributed by atoms with Gasteiger partial charge >= 0.3 is 5.97 Å². The lowest BCUT2D eigenvalue weighted by molar-refractivity contribution is -0.131. The number of carbonyl (C=O) groups is 3. The van der Waals surface area contributed by atoms with Gasteiger partial charge in [0, 0.05) is 84.2 Å². The number of carbonyl (C=O) groups excluding carboxylic acids is 3. The van der Waals surface area contributed by atoms with Gasteiger partial charge in [0.25, 0.3) is 0 Å². The Morgan fingerprint density at radius 3 is 2.56 bits per heavy atom. The zero-order valence-corrected chi connectivity index (χ0v) is 30.2. The maximum atomic E-state index is 12.5. The number of halogens is 1. The van der Waals surface area contributed by atoms with Gasteiger partial charge in [0.15, 0.2) is 11.5 Å². The molecule has 3 heterocycles. The predicted octanol–water partition coefficient (Wildman–Crippen LogP) is 6.48. The summed E-state index contributed by atoms with van der Waals surface area (Å²) in [5.74, 6) is -0.895. The van der Waals surface area contributed by atoms with E-state index in [1.165, 1.54) is 47.5 Å². The van der Waals surface area contributed by atoms with Crippen LogP contribution in [0.2, 0.25) is 0 Å². The molecule has 50 heavy (non-hydrogen) atoms. The number of likely N-dealkylation sites (tertiary alicyclic amines) is 1. The molecule has 0 N–H and O–H groups in total. The van der Waals surface area contributed by atoms with Crippen LogP contribution in [0.25, 0.3) is 10.9 Å². The van der Waals surface area contributed by atoms with Gasteiger partial charge in [-0.25, -0.2) is 4.79 Å². The number of ketones is 2. The third kappa shape index (κ3) is 6.63. The molecule has 2 aromatic carbocycles. The number of pyridine rings is 1. The molecule has 2 aliphatic carbocycles. The van der Waals surface area contributed by atoms with Crippen molar-refractivity contribution in [2.24, 2.45) is 13.0 Å². The molecule has 258 valence electrons. The van der Waals surface area contributed by atoms with Crippen molar-refractivity contribution in [3.8, 4) is 0 Å². The molecule has 0 bridgehead atoms. The molecule has 9 nitrogen and oxygen atoms in total. The normalized spacial score (nSPS) is 22.0. The van der Waals surface area contributed by atoms with Crippen molar-refractivity contribution in [3.63, 3.8) is 0 Å². The fourth-order valence-electron chi connectivity index (χ4n) is 7.69. The number of aryl methyl sites for hydroxylation is 1. The lowest BCUT2D eigenvalue weighted by Crippen LogP contribution is -2.59. The largest absolute Gasteiger partial charge is 0.493 e. The van der Waals surface area contributed by atoms with Crippen LogP contribution >= 0.6 is 15.9 Å². The number of esters is 1. The van der Waals surface area contributed by atoms with Gasteiger partial charge in [-0.05, 0) is 70.7 Å². The molecular formula is C40H40BrN3O6. The lowest BCUT2D eigenvalue weighted by atomic mass is 9.69. The number of aromatic nitrogens is 2. The van der Waals surface area contributed by atoms with Crippen molar-refractivity contribution in [1.29, 1.82) is 0 Å². The molecule has 3 aliphatic rings. The molecule has 1 aliphatic heterocycles. The van der Waals surface area contributed by atoms with E-state index < -0.39 is 5.60 Å². The minimum Gasteiger partial charge on any atom is -0.493 e. The van der Waals surface area contributed by atoms with E-state index in [9.17, 15) is 14.4 Å². The molecule has 4 unspecified atom stereocenters. The number of ether oxygens (including phenoxy) is 3. The zero-order valence-electron chi connectivity index (χ0n) is 28.6. The van der Waals surface area contributed by atoms with Crippen molar-refractivity contribution in [1.82, 2.24) is 14.5 Å². The van der Waals surface area contributed by atoms with Gasteiger partial charge in [0.2, 0.25) is 5.78 Å². The minimum atomic E-state index is -0.421. The SMILES string of the molecule is C=CC(C1=CC(=O)C(OC)=CC1=O)c1ccccc1.COC12CC(COC(=O)c3cncc(Br)c3)CN(C)C1Cc1cn(C)c3cccc2c13. The van der Waals surface area contributed by atoms with Crippen LogP contribution in [0.5, 0.6) is 0 Å². The summed E-state index contributed by atoms with van der Waals surface area (Å²) in [6.45, 7) is 4.97. The standard InChI is InChI=1S/C24H26BrN3O3.C16H14O3/c1-27-13-17-8-21-24(30-3,19-5-4-6-20(27)22(17)19)9-15(12-28(21)2)14-31-23(29)16-7-18(25)11-26-10-16;1-3-12(11-7-5-4-6-8-11)13-9-15(18)16(19-2)10-14(13)17/h4-7,10-11,13,15,21H,8-9,12,14H2,1-3H3;3-10,12H,1H2,2H3. The Morgan fingerprint density at radius 2 is 1.86 bits per heavy atom. The first-order valence-electron chi connectivity index (χ1n) is 16.4. The van der Waals surface area contributed by atoms with Crippen molar-refractivity contribution in [2.75, 3.05) is 34.4 Å². The summed E-state index contributed by atoms with van der Waals surface area (Å²) in [4.78, 5) is 42.8. The highest BCUT2D eigenvalue weighted by Gasteiger charge is 2.52. The highest BCUT2D eigenvalue weighted by atomic mass is 79.9. The highest BCUT2D eigenvalue weighted by molar-refractivity contribution is 9.10. The highest BCUT2D eigenvalue weighted by Crippen LogP contribution is 2.49. The number of hydrogen-bond donors (Lipinski definition) is 0. The van der Waals surface area contributed by atoms with Crippen LogP contribution in [0.1, 0.15) is 39.4 Å². The van der Waals surface area contributed by atoms with Crippen LogP contribution in [-0.4, -0.2) is 72.4 Å². The number of methoxy groups -OCH3 is 2. The van der Waals surface area contributed by atoms with Crippen molar-refractivity contribution in [3.05, 3.63) is 136 Å². The molecular weight excluding hydrogens is 698 g/mol. The van der Waals surface area contributed by atoms with E-state index in [2.05, 4.69) is 75.5 Å². The number of fused-ring (bicyclic) bond motifs is 2. The molecule has 4 atom stereocenters. The molecule has 2 aromatic heterocycles. The third-order valence-corrected chi connectivity index (χ3v) is 10.4. The number of benzene rings is 2. The Bertz CT molecular complexity index is 2020. The monoisotopic (exact) mass is 737 g/mol. The lowest BCUT2D eigenvalue weighted by Gasteiger charge is -2.53. The van der Waals surface area contributed by atoms with E-state index in [1.54, 1.807) is 18.3 Å². The molecule has 7 rings (SSSR count). The van der Waals surface area contributed by atoms with E-state index in [1.807, 2.05) is 37.4 Å². The molecule has 0 saturated carbocycles. The first kappa shape index (κ1) is 35.2. The van der Waals surface area contributed by atoms with E-state index >= 15 is 0 Å². The van der Waals surface area contributed by atoms with Crippen molar-refractivity contribution in [2.45, 2.75) is 30.4 Å². The second kappa shape index (κ2) is 14.7. The van der Waals surface area contributed by atoms with Crippen LogP contribution in [0, 0.1) is 5.92 Å². The van der Waals surface area contributed by atoms with E-state index in [0.29, 0.717) is 17.7 Å². The average molecular weight is 739 g/mol. The third-order valence-electron chi connectivity index (χ3n) is 9.95. The molecule has 0 amide bonds. The molecule has 0 radical (unpaired) electrons. The summed E-state index contributed by atoms with van der Waals surface area (Å²) in [7, 11) is 7.44. The summed E-state index contributed by atoms with van der Waals surface area (Å²) >= 11 is 3.35. The van der Waals surface area contributed by atoms with Gasteiger partial charge in [-0.1, -0.05) is 48.5 Å². The van der Waals surface area contributed by atoms with Gasteiger partial charge in [-0.15, -0.1) is 6.58 Å². The van der Waals surface area contributed by atoms with E-state index in [-0.39, 0.29) is 41.2 Å². The molecule has 0 spiro atoms. The van der Waals surface area contributed by atoms with Gasteiger partial charge in [0.1, 0.15) is 5.60 Å². The van der Waals surface area contributed by atoms with Crippen LogP contribution < -0.4 is 0 Å². The average Bonchev–Trinajstić information content (AvgIpc) is 3.45. The summed E-state index contributed by atoms with van der Waals surface area (Å²) in [5, 5.41) is 1.31. The van der Waals surface area contributed by atoms with Gasteiger partial charge in [-0.3, -0.25) is 19.5 Å². The molecule has 4 aromatic rings. The second-order valence-corrected chi connectivity index (χ2v) is 13.9. The molecule has 1 fully saturated rings. The van der Waals surface area contributed by atoms with Gasteiger partial charge < -0.3 is 18.8 Å². The van der Waals surface area contributed by atoms with E-state index in [4.69, 9.17) is 14.2 Å². The Labute approximate surface area is 300 Å². The number of rotatable bonds is 8. The smallest absolute Gasteiger partial charge is 0.339 e. The molecule has 1 saturated heterocycles. The Kier molecular flexibility index (Phi) is 10.3. The van der Waals surface area contributed by atoms with Gasteiger partial charge in [-0.2, -0.15) is 0 Å². The van der Waals surface area contributed by atoms with Crippen LogP contribution in [0.15, 0.2) is 114 Å². The van der Waals surface area contributed by atoms with Gasteiger partial charge in [0.05, 0.1) is 19.3 Å². The summed E-state index contributed by atoms with van der Waals surface area (Å²) < 4.78 is 19.9. The Morgan fingerprint density at radius 1 is 1.08 bits per heavy atom. The van der Waals surface area contributed by atoms with Crippen LogP contribution in [0.3, 0.4) is 0 Å². The Hall–Kier alpha value is -4.64. The quantitative estimate of drug-likeness (QED) is 0.115. The predicted molar refractivity (Wildman–Crippen MR) is 195 cm³/mol.